The number of halogens is 1. The number of aliphatic carboxylic acids is 1. The van der Waals surface area contributed by atoms with E-state index in [0.717, 1.165) is 25.1 Å². The van der Waals surface area contributed by atoms with Crippen LogP contribution >= 0.6 is 0 Å². The topological polar surface area (TPSA) is 52.7 Å². The number of hydrogen-bond donors (Lipinski definition) is 1. The fraction of sp³-hybridized carbons (Fsp3) is 0.378. The number of hydrogen-bond acceptors (Lipinski definition) is 2. The van der Waals surface area contributed by atoms with Gasteiger partial charge < -0.3 is 22.1 Å². The van der Waals surface area contributed by atoms with Gasteiger partial charge >= 0.3 is 5.97 Å². The van der Waals surface area contributed by atoms with E-state index in [0.29, 0.717) is 0 Å². The minimum atomic E-state index is -0.709. The molecule has 0 saturated heterocycles. The van der Waals surface area contributed by atoms with Gasteiger partial charge in [-0.2, -0.15) is 4.58 Å². The van der Waals surface area contributed by atoms with Gasteiger partial charge in [-0.25, -0.2) is 0 Å². The number of carboxylic acids is 1. The summed E-state index contributed by atoms with van der Waals surface area (Å²) < 4.78 is 2.38. The van der Waals surface area contributed by atoms with Crippen LogP contribution in [0.25, 0.3) is 21.5 Å². The molecule has 0 bridgehead atoms. The van der Waals surface area contributed by atoms with Crippen molar-refractivity contribution in [3.63, 3.8) is 0 Å². The first-order chi connectivity index (χ1) is 18.5. The maximum atomic E-state index is 10.7. The molecule has 4 aromatic carbocycles. The van der Waals surface area contributed by atoms with Gasteiger partial charge in [0.25, 0.3) is 0 Å². The van der Waals surface area contributed by atoms with Crippen molar-refractivity contribution in [1.29, 1.82) is 0 Å². The zero-order valence-electron chi connectivity index (χ0n) is 24.4. The average molecular weight is 632 g/mol. The lowest BCUT2D eigenvalue weighted by Crippen LogP contribution is -3.00. The van der Waals surface area contributed by atoms with Gasteiger partial charge in [0.1, 0.15) is 6.54 Å². The molecule has 2 aliphatic heterocycles. The van der Waals surface area contributed by atoms with Crippen LogP contribution in [0.2, 0.25) is 0 Å². The zero-order valence-corrected chi connectivity index (χ0v) is 26.0. The molecule has 1 N–H and O–H groups in total. The Morgan fingerprint density at radius 3 is 1.90 bits per heavy atom. The van der Waals surface area contributed by atoms with Gasteiger partial charge in [-0.3, -0.25) is 9.79 Å². The lowest BCUT2D eigenvalue weighted by molar-refractivity contribution is -0.439. The quantitative estimate of drug-likeness (QED) is 0.191. The SMILES string of the molecule is C.C.CC1=Nc2ccc3ccccc3c2C1(C)C.CC1=[N+](CCCCC(=O)O)c2ccc3ccccc3c2C1(C)C.[Br-]. The van der Waals surface area contributed by atoms with Gasteiger partial charge in [-0.15, -0.1) is 0 Å². The predicted molar refractivity (Wildman–Crippen MR) is 177 cm³/mol. The van der Waals surface area contributed by atoms with E-state index >= 15 is 0 Å². The van der Waals surface area contributed by atoms with Gasteiger partial charge in [0.15, 0.2) is 5.71 Å². The molecule has 0 aromatic heterocycles. The molecule has 0 unspecified atom stereocenters. The van der Waals surface area contributed by atoms with E-state index in [9.17, 15) is 4.79 Å². The van der Waals surface area contributed by atoms with Gasteiger partial charge in [-0.1, -0.05) is 83.3 Å². The van der Waals surface area contributed by atoms with Crippen LogP contribution in [-0.2, 0) is 15.6 Å². The summed E-state index contributed by atoms with van der Waals surface area (Å²) in [5, 5.41) is 14.0. The Morgan fingerprint density at radius 2 is 1.31 bits per heavy atom. The molecule has 4 aromatic rings. The Labute approximate surface area is 263 Å². The van der Waals surface area contributed by atoms with Crippen molar-refractivity contribution in [2.45, 2.75) is 86.5 Å². The third-order valence-electron chi connectivity index (χ3n) is 8.88. The average Bonchev–Trinajstić information content (AvgIpc) is 3.27. The van der Waals surface area contributed by atoms with E-state index in [1.807, 2.05) is 0 Å². The van der Waals surface area contributed by atoms with Crippen LogP contribution in [0.15, 0.2) is 77.8 Å². The molecule has 42 heavy (non-hydrogen) atoms. The standard InChI is InChI=1S/C20H23NO2.C15H15N.2CH4.BrH/c1-14-20(2,3)19-16-9-5-4-8-15(16)11-12-17(19)21(14)13-7-6-10-18(22)23;1-10-15(2,3)14-12-7-5-4-6-11(12)8-9-13(14)16-10;;;/h4-5,8-9,11-12H,6-7,10,13H2,1-3H3;4-9H,1-3H3;2*1H4;1H. The van der Waals surface area contributed by atoms with Crippen molar-refractivity contribution in [1.82, 2.24) is 0 Å². The van der Waals surface area contributed by atoms with Crippen LogP contribution in [0.5, 0.6) is 0 Å². The second kappa shape index (κ2) is 13.3. The smallest absolute Gasteiger partial charge is 0.303 e. The Morgan fingerprint density at radius 1 is 0.762 bits per heavy atom. The van der Waals surface area contributed by atoms with E-state index in [1.54, 1.807) is 0 Å². The Balaban J connectivity index is 0.000000288. The van der Waals surface area contributed by atoms with Crippen molar-refractivity contribution in [2.75, 3.05) is 6.54 Å². The first-order valence-electron chi connectivity index (χ1n) is 14.0. The second-order valence-electron chi connectivity index (χ2n) is 11.9. The molecule has 224 valence electrons. The molecule has 2 aliphatic rings. The molecular formula is C37H47BrN2O2. The van der Waals surface area contributed by atoms with Crippen LogP contribution in [0.1, 0.15) is 86.8 Å². The van der Waals surface area contributed by atoms with E-state index in [1.165, 1.54) is 49.8 Å². The molecule has 0 spiro atoms. The number of fused-ring (bicyclic) bond motifs is 6. The molecule has 0 aliphatic carbocycles. The largest absolute Gasteiger partial charge is 1.00 e. The summed E-state index contributed by atoms with van der Waals surface area (Å²) in [4.78, 5) is 15.4. The van der Waals surface area contributed by atoms with Crippen molar-refractivity contribution < 1.29 is 31.5 Å². The number of benzene rings is 4. The summed E-state index contributed by atoms with van der Waals surface area (Å²) >= 11 is 0. The number of carbonyl (C=O) groups is 1. The van der Waals surface area contributed by atoms with Gasteiger partial charge in [0.2, 0.25) is 5.69 Å². The summed E-state index contributed by atoms with van der Waals surface area (Å²) in [6.45, 7) is 14.3. The highest BCUT2D eigenvalue weighted by atomic mass is 79.9. The number of carboxylic acid groups (broad SMARTS) is 1. The highest BCUT2D eigenvalue weighted by molar-refractivity contribution is 6.06. The van der Waals surface area contributed by atoms with E-state index < -0.39 is 5.97 Å². The third-order valence-corrected chi connectivity index (χ3v) is 8.88. The van der Waals surface area contributed by atoms with Crippen LogP contribution in [-0.4, -0.2) is 33.6 Å². The van der Waals surface area contributed by atoms with Crippen LogP contribution in [0.3, 0.4) is 0 Å². The highest BCUT2D eigenvalue weighted by Gasteiger charge is 2.43. The van der Waals surface area contributed by atoms with Crippen molar-refractivity contribution in [3.05, 3.63) is 83.9 Å². The van der Waals surface area contributed by atoms with Gasteiger partial charge in [0.05, 0.1) is 11.1 Å². The number of unbranched alkanes of at least 4 members (excludes halogenated alkanes) is 1. The van der Waals surface area contributed by atoms with Crippen LogP contribution in [0.4, 0.5) is 11.4 Å². The molecule has 0 fully saturated rings. The molecule has 4 nitrogen and oxygen atoms in total. The van der Waals surface area contributed by atoms with Crippen LogP contribution in [0, 0.1) is 0 Å². The normalized spacial score (nSPS) is 15.3. The maximum Gasteiger partial charge on any atom is 0.303 e. The molecule has 2 heterocycles. The number of rotatable bonds is 5. The van der Waals surface area contributed by atoms with E-state index in [-0.39, 0.29) is 49.1 Å². The molecule has 0 amide bonds. The summed E-state index contributed by atoms with van der Waals surface area (Å²) in [6, 6.07) is 25.8. The van der Waals surface area contributed by atoms with E-state index in [2.05, 4.69) is 124 Å². The monoisotopic (exact) mass is 630 g/mol. The molecular weight excluding hydrogens is 584 g/mol. The first-order valence-corrected chi connectivity index (χ1v) is 14.0. The molecule has 0 radical (unpaired) electrons. The predicted octanol–water partition coefficient (Wildman–Crippen LogP) is 6.99. The van der Waals surface area contributed by atoms with Crippen molar-refractivity contribution in [2.24, 2.45) is 4.99 Å². The summed E-state index contributed by atoms with van der Waals surface area (Å²) in [6.07, 6.45) is 1.87. The van der Waals surface area contributed by atoms with Gasteiger partial charge in [0, 0.05) is 42.5 Å². The van der Waals surface area contributed by atoms with Crippen molar-refractivity contribution >= 4 is 50.3 Å². The first kappa shape index (κ1) is 34.9. The fourth-order valence-electron chi connectivity index (χ4n) is 6.19. The highest BCUT2D eigenvalue weighted by Crippen LogP contribution is 2.45. The second-order valence-corrected chi connectivity index (χ2v) is 11.9. The fourth-order valence-corrected chi connectivity index (χ4v) is 6.19. The third kappa shape index (κ3) is 6.08. The molecule has 0 saturated carbocycles. The van der Waals surface area contributed by atoms with E-state index in [4.69, 9.17) is 5.11 Å². The van der Waals surface area contributed by atoms with Crippen LogP contribution < -0.4 is 17.0 Å². The minimum absolute atomic E-state index is 0. The summed E-state index contributed by atoms with van der Waals surface area (Å²) in [5.74, 6) is -0.709. The molecule has 5 heteroatoms. The van der Waals surface area contributed by atoms with Gasteiger partial charge in [-0.05, 0) is 66.4 Å². The van der Waals surface area contributed by atoms with Crippen molar-refractivity contribution in [3.8, 4) is 0 Å². The number of aliphatic imine (C=N–C) groups is 1. The Hall–Kier alpha value is -3.31. The maximum absolute atomic E-state index is 10.7. The lowest BCUT2D eigenvalue weighted by Gasteiger charge is -2.21. The Kier molecular flexibility index (Phi) is 11.1. The Bertz CT molecular complexity index is 1660. The summed E-state index contributed by atoms with van der Waals surface area (Å²) in [5.41, 5.74) is 7.81. The molecule has 6 rings (SSSR count). The molecule has 0 atom stereocenters. The lowest BCUT2D eigenvalue weighted by atomic mass is 9.80. The number of nitrogens with zero attached hydrogens (tertiary/aromatic N) is 2. The minimum Gasteiger partial charge on any atom is -1.00 e. The zero-order chi connectivity index (χ0) is 27.9. The summed E-state index contributed by atoms with van der Waals surface area (Å²) in [7, 11) is 0.